The van der Waals surface area contributed by atoms with Crippen LogP contribution < -0.4 is 10.6 Å². The fourth-order valence-corrected chi connectivity index (χ4v) is 3.70. The van der Waals surface area contributed by atoms with Gasteiger partial charge in [-0.1, -0.05) is 36.4 Å². The van der Waals surface area contributed by atoms with Crippen molar-refractivity contribution in [1.82, 2.24) is 15.5 Å². The number of furan rings is 1. The van der Waals surface area contributed by atoms with Crippen LogP contribution in [0.5, 0.6) is 0 Å². The summed E-state index contributed by atoms with van der Waals surface area (Å²) < 4.78 is 5.26. The molecule has 1 aliphatic heterocycles. The van der Waals surface area contributed by atoms with Crippen LogP contribution in [0.15, 0.2) is 76.3 Å². The van der Waals surface area contributed by atoms with E-state index in [9.17, 15) is 4.79 Å². The topological polar surface area (TPSA) is 69.9 Å². The lowest BCUT2D eigenvalue weighted by Crippen LogP contribution is -2.43. The molecule has 3 aromatic rings. The summed E-state index contributed by atoms with van der Waals surface area (Å²) in [5, 5.41) is 6.32. The molecule has 2 N–H and O–H groups in total. The summed E-state index contributed by atoms with van der Waals surface area (Å²) in [7, 11) is 1.81. The fourth-order valence-electron chi connectivity index (χ4n) is 3.70. The highest BCUT2D eigenvalue weighted by Gasteiger charge is 2.18. The highest BCUT2D eigenvalue weighted by atomic mass is 127. The smallest absolute Gasteiger partial charge is 0.251 e. The number of carbonyl (C=O) groups is 1. The Hall–Kier alpha value is -2.81. The van der Waals surface area contributed by atoms with Crippen molar-refractivity contribution in [3.8, 4) is 0 Å². The predicted octanol–water partition coefficient (Wildman–Crippen LogP) is 3.96. The van der Waals surface area contributed by atoms with Gasteiger partial charge in [-0.2, -0.15) is 0 Å². The van der Waals surface area contributed by atoms with Crippen LogP contribution in [0.25, 0.3) is 0 Å². The van der Waals surface area contributed by atoms with Gasteiger partial charge >= 0.3 is 0 Å². The van der Waals surface area contributed by atoms with Crippen molar-refractivity contribution in [3.05, 3.63) is 94.9 Å². The number of halogens is 1. The van der Waals surface area contributed by atoms with Crippen LogP contribution in [-0.4, -0.2) is 30.4 Å². The number of amides is 1. The van der Waals surface area contributed by atoms with Crippen LogP contribution in [0.4, 0.5) is 0 Å². The average Bonchev–Trinajstić information content (AvgIpc) is 3.32. The minimum Gasteiger partial charge on any atom is -0.467 e. The van der Waals surface area contributed by atoms with Crippen molar-refractivity contribution < 1.29 is 9.21 Å². The first-order valence-corrected chi connectivity index (χ1v) is 10.1. The van der Waals surface area contributed by atoms with Gasteiger partial charge in [0, 0.05) is 32.2 Å². The molecule has 6 nitrogen and oxygen atoms in total. The van der Waals surface area contributed by atoms with Crippen molar-refractivity contribution >= 4 is 35.8 Å². The summed E-state index contributed by atoms with van der Waals surface area (Å²) >= 11 is 0. The van der Waals surface area contributed by atoms with Gasteiger partial charge in [0.25, 0.3) is 5.91 Å². The SMILES string of the molecule is CN=C(NCc1cccc(C(=O)NCc2ccco2)c1)N1CCc2ccccc2C1.I. The number of guanidine groups is 1. The number of benzene rings is 2. The molecule has 0 fully saturated rings. The predicted molar refractivity (Wildman–Crippen MR) is 132 cm³/mol. The minimum absolute atomic E-state index is 0. The van der Waals surface area contributed by atoms with E-state index in [1.165, 1.54) is 11.1 Å². The molecular weight excluding hydrogens is 503 g/mol. The molecule has 0 unspecified atom stereocenters. The van der Waals surface area contributed by atoms with E-state index < -0.39 is 0 Å². The van der Waals surface area contributed by atoms with Crippen molar-refractivity contribution in [2.45, 2.75) is 26.1 Å². The summed E-state index contributed by atoms with van der Waals surface area (Å²) in [4.78, 5) is 19.2. The van der Waals surface area contributed by atoms with Crippen molar-refractivity contribution in [1.29, 1.82) is 0 Å². The molecule has 0 radical (unpaired) electrons. The Bertz CT molecular complexity index is 1030. The number of nitrogens with zero attached hydrogens (tertiary/aromatic N) is 2. The zero-order chi connectivity index (χ0) is 20.8. The highest BCUT2D eigenvalue weighted by molar-refractivity contribution is 14.0. The summed E-state index contributed by atoms with van der Waals surface area (Å²) in [5.41, 5.74) is 4.42. The first kappa shape index (κ1) is 22.9. The quantitative estimate of drug-likeness (QED) is 0.298. The van der Waals surface area contributed by atoms with E-state index in [1.807, 2.05) is 36.4 Å². The monoisotopic (exact) mass is 530 g/mol. The van der Waals surface area contributed by atoms with E-state index >= 15 is 0 Å². The van der Waals surface area contributed by atoms with Gasteiger partial charge < -0.3 is 20.0 Å². The molecule has 0 bridgehead atoms. The Morgan fingerprint density at radius 2 is 1.87 bits per heavy atom. The van der Waals surface area contributed by atoms with E-state index in [-0.39, 0.29) is 29.9 Å². The normalized spacial score (nSPS) is 13.2. The standard InChI is InChI=1S/C24H26N4O2.HI/c1-25-24(28-12-11-19-7-2-3-8-21(19)17-28)27-15-18-6-4-9-20(14-18)23(29)26-16-22-10-5-13-30-22;/h2-10,13-14H,11-12,15-17H2,1H3,(H,25,27)(H,26,29);1H. The van der Waals surface area contributed by atoms with Gasteiger partial charge in [-0.05, 0) is 47.4 Å². The Kier molecular flexibility index (Phi) is 8.11. The van der Waals surface area contributed by atoms with Crippen LogP contribution >= 0.6 is 24.0 Å². The van der Waals surface area contributed by atoms with Crippen molar-refractivity contribution in [2.24, 2.45) is 4.99 Å². The van der Waals surface area contributed by atoms with Gasteiger partial charge in [0.2, 0.25) is 0 Å². The second-order valence-corrected chi connectivity index (χ2v) is 7.30. The minimum atomic E-state index is -0.120. The second kappa shape index (κ2) is 11.0. The number of nitrogens with one attached hydrogen (secondary N) is 2. The van der Waals surface area contributed by atoms with Crippen molar-refractivity contribution in [2.75, 3.05) is 13.6 Å². The zero-order valence-electron chi connectivity index (χ0n) is 17.5. The molecule has 2 heterocycles. The van der Waals surface area contributed by atoms with E-state index in [1.54, 1.807) is 13.3 Å². The number of hydrogen-bond donors (Lipinski definition) is 2. The third kappa shape index (κ3) is 5.88. The number of fused-ring (bicyclic) bond motifs is 1. The lowest BCUT2D eigenvalue weighted by molar-refractivity contribution is 0.0948. The summed E-state index contributed by atoms with van der Waals surface area (Å²) in [6, 6.07) is 19.8. The second-order valence-electron chi connectivity index (χ2n) is 7.30. The molecule has 2 aromatic carbocycles. The van der Waals surface area contributed by atoms with Gasteiger partial charge in [0.1, 0.15) is 5.76 Å². The van der Waals surface area contributed by atoms with Gasteiger partial charge in [-0.3, -0.25) is 9.79 Å². The van der Waals surface area contributed by atoms with Gasteiger partial charge in [0.05, 0.1) is 12.8 Å². The molecule has 162 valence electrons. The molecule has 31 heavy (non-hydrogen) atoms. The molecule has 0 aliphatic carbocycles. The van der Waals surface area contributed by atoms with Crippen molar-refractivity contribution in [3.63, 3.8) is 0 Å². The highest BCUT2D eigenvalue weighted by Crippen LogP contribution is 2.18. The summed E-state index contributed by atoms with van der Waals surface area (Å²) in [6.07, 6.45) is 2.61. The third-order valence-electron chi connectivity index (χ3n) is 5.29. The van der Waals surface area contributed by atoms with Crippen LogP contribution in [0.1, 0.15) is 32.8 Å². The molecule has 4 rings (SSSR count). The average molecular weight is 530 g/mol. The molecule has 1 amide bonds. The number of rotatable bonds is 5. The van der Waals surface area contributed by atoms with E-state index in [0.29, 0.717) is 18.7 Å². The first-order chi connectivity index (χ1) is 14.7. The molecule has 7 heteroatoms. The molecule has 0 spiro atoms. The van der Waals surface area contributed by atoms with Gasteiger partial charge in [0.15, 0.2) is 5.96 Å². The molecular formula is C24H27IN4O2. The Morgan fingerprint density at radius 3 is 2.65 bits per heavy atom. The van der Waals surface area contributed by atoms with Crippen LogP contribution in [-0.2, 0) is 26.1 Å². The lowest BCUT2D eigenvalue weighted by atomic mass is 10.0. The van der Waals surface area contributed by atoms with E-state index in [2.05, 4.69) is 44.8 Å². The zero-order valence-corrected chi connectivity index (χ0v) is 19.8. The van der Waals surface area contributed by atoms with Crippen LogP contribution in [0.2, 0.25) is 0 Å². The van der Waals surface area contributed by atoms with Crippen LogP contribution in [0, 0.1) is 0 Å². The molecule has 1 aliphatic rings. The number of carbonyl (C=O) groups excluding carboxylic acids is 1. The van der Waals surface area contributed by atoms with Gasteiger partial charge in [-0.15, -0.1) is 24.0 Å². The van der Waals surface area contributed by atoms with E-state index in [4.69, 9.17) is 4.42 Å². The molecule has 0 atom stereocenters. The summed E-state index contributed by atoms with van der Waals surface area (Å²) in [6.45, 7) is 2.76. The molecule has 0 saturated carbocycles. The lowest BCUT2D eigenvalue weighted by Gasteiger charge is -2.31. The Balaban J connectivity index is 0.00000272. The first-order valence-electron chi connectivity index (χ1n) is 10.1. The molecule has 0 saturated heterocycles. The maximum Gasteiger partial charge on any atom is 0.251 e. The Morgan fingerprint density at radius 1 is 1.03 bits per heavy atom. The fraction of sp³-hybridized carbons (Fsp3) is 0.250. The Labute approximate surface area is 199 Å². The van der Waals surface area contributed by atoms with E-state index in [0.717, 1.165) is 36.8 Å². The maximum atomic E-state index is 12.4. The molecule has 1 aromatic heterocycles. The number of aliphatic imine (C=N–C) groups is 1. The van der Waals surface area contributed by atoms with Crippen LogP contribution in [0.3, 0.4) is 0 Å². The number of hydrogen-bond acceptors (Lipinski definition) is 3. The third-order valence-corrected chi connectivity index (χ3v) is 5.29. The maximum absolute atomic E-state index is 12.4. The van der Waals surface area contributed by atoms with Gasteiger partial charge in [-0.25, -0.2) is 0 Å². The largest absolute Gasteiger partial charge is 0.467 e. The summed E-state index contributed by atoms with van der Waals surface area (Å²) in [5.74, 6) is 1.48.